The Morgan fingerprint density at radius 2 is 1.74 bits per heavy atom. The maximum Gasteiger partial charge on any atom is 0.291 e. The number of carbonyl (C=O) groups is 1. The van der Waals surface area contributed by atoms with E-state index in [9.17, 15) is 14.9 Å². The van der Waals surface area contributed by atoms with E-state index in [1.54, 1.807) is 36.4 Å². The highest BCUT2D eigenvalue weighted by Gasteiger charge is 2.16. The molecular weight excluding hydrogens is 434 g/mol. The van der Waals surface area contributed by atoms with Crippen molar-refractivity contribution in [3.8, 4) is 22.8 Å². The maximum atomic E-state index is 12.8. The second kappa shape index (κ2) is 8.32. The number of aromatic nitrogens is 1. The van der Waals surface area contributed by atoms with Gasteiger partial charge in [-0.25, -0.2) is 4.98 Å². The van der Waals surface area contributed by atoms with E-state index in [1.165, 1.54) is 18.2 Å². The van der Waals surface area contributed by atoms with Crippen LogP contribution in [0.1, 0.15) is 21.7 Å². The molecular formula is C26H19N3O5. The number of amides is 1. The Kier molecular flexibility index (Phi) is 5.18. The molecule has 5 aromatic rings. The molecule has 0 atom stereocenters. The Morgan fingerprint density at radius 1 is 0.941 bits per heavy atom. The van der Waals surface area contributed by atoms with Crippen LogP contribution in [0.25, 0.3) is 33.9 Å². The van der Waals surface area contributed by atoms with Crippen molar-refractivity contribution in [1.82, 2.24) is 4.98 Å². The Morgan fingerprint density at radius 3 is 2.56 bits per heavy atom. The molecule has 0 aliphatic heterocycles. The molecule has 0 unspecified atom stereocenters. The molecule has 8 heteroatoms. The zero-order chi connectivity index (χ0) is 23.8. The van der Waals surface area contributed by atoms with Gasteiger partial charge in [0.1, 0.15) is 11.3 Å². The first-order valence-electron chi connectivity index (χ1n) is 10.5. The first-order valence-corrected chi connectivity index (χ1v) is 10.5. The summed E-state index contributed by atoms with van der Waals surface area (Å²) < 4.78 is 11.6. The van der Waals surface area contributed by atoms with Crippen molar-refractivity contribution < 1.29 is 18.6 Å². The molecule has 0 saturated heterocycles. The molecule has 8 nitrogen and oxygen atoms in total. The number of fused-ring (bicyclic) bond motifs is 1. The quantitative estimate of drug-likeness (QED) is 0.239. The van der Waals surface area contributed by atoms with E-state index in [1.807, 2.05) is 32.0 Å². The largest absolute Gasteiger partial charge is 0.451 e. The summed E-state index contributed by atoms with van der Waals surface area (Å²) in [4.78, 5) is 27.9. The first-order chi connectivity index (χ1) is 16.4. The van der Waals surface area contributed by atoms with Crippen molar-refractivity contribution in [1.29, 1.82) is 0 Å². The molecule has 3 aromatic carbocycles. The lowest BCUT2D eigenvalue weighted by atomic mass is 10.1. The van der Waals surface area contributed by atoms with Gasteiger partial charge in [0, 0.05) is 28.9 Å². The number of oxazole rings is 1. The van der Waals surface area contributed by atoms with E-state index in [2.05, 4.69) is 10.3 Å². The number of benzene rings is 3. The minimum Gasteiger partial charge on any atom is -0.451 e. The number of nitro groups is 1. The van der Waals surface area contributed by atoms with E-state index in [-0.39, 0.29) is 11.4 Å². The van der Waals surface area contributed by atoms with Gasteiger partial charge in [0.25, 0.3) is 11.6 Å². The van der Waals surface area contributed by atoms with Crippen LogP contribution in [0, 0.1) is 24.0 Å². The molecule has 1 amide bonds. The van der Waals surface area contributed by atoms with Crippen LogP contribution < -0.4 is 5.32 Å². The van der Waals surface area contributed by atoms with Crippen LogP contribution in [0.3, 0.4) is 0 Å². The maximum absolute atomic E-state index is 12.8. The smallest absolute Gasteiger partial charge is 0.291 e. The van der Waals surface area contributed by atoms with E-state index >= 15 is 0 Å². The van der Waals surface area contributed by atoms with E-state index in [0.29, 0.717) is 22.9 Å². The Bertz CT molecular complexity index is 1560. The summed E-state index contributed by atoms with van der Waals surface area (Å²) in [6, 6.07) is 20.4. The fourth-order valence-electron chi connectivity index (χ4n) is 3.81. The number of nitrogens with zero attached hydrogens (tertiary/aromatic N) is 2. The van der Waals surface area contributed by atoms with Crippen LogP contribution in [0.4, 0.5) is 11.4 Å². The number of hydrogen-bond acceptors (Lipinski definition) is 6. The predicted octanol–water partition coefficient (Wildman–Crippen LogP) is 6.53. The Labute approximate surface area is 194 Å². The standard InChI is InChI=1S/C26H19N3O5/c1-15-11-16(2)24-21(12-15)28-26(34-24)18-6-3-7-19(13-18)27-25(30)23-10-9-22(33-23)17-5-4-8-20(14-17)29(31)32/h3-14H,1-2H3,(H,27,30). The van der Waals surface area contributed by atoms with Crippen LogP contribution in [-0.2, 0) is 0 Å². The van der Waals surface area contributed by atoms with Crippen molar-refractivity contribution in [2.45, 2.75) is 13.8 Å². The molecule has 0 fully saturated rings. The normalized spacial score (nSPS) is 11.0. The Balaban J connectivity index is 1.37. The zero-order valence-electron chi connectivity index (χ0n) is 18.4. The van der Waals surface area contributed by atoms with E-state index in [0.717, 1.165) is 27.8 Å². The fraction of sp³-hybridized carbons (Fsp3) is 0.0769. The minimum absolute atomic E-state index is 0.0544. The van der Waals surface area contributed by atoms with E-state index < -0.39 is 10.8 Å². The van der Waals surface area contributed by atoms with Crippen LogP contribution >= 0.6 is 0 Å². The zero-order valence-corrected chi connectivity index (χ0v) is 18.4. The average Bonchev–Trinajstić information content (AvgIpc) is 3.47. The molecule has 0 radical (unpaired) electrons. The van der Waals surface area contributed by atoms with Crippen LogP contribution in [0.2, 0.25) is 0 Å². The topological polar surface area (TPSA) is 111 Å². The highest BCUT2D eigenvalue weighted by Crippen LogP contribution is 2.29. The number of furan rings is 1. The number of carbonyl (C=O) groups excluding carboxylic acids is 1. The van der Waals surface area contributed by atoms with Gasteiger partial charge in [-0.2, -0.15) is 0 Å². The van der Waals surface area contributed by atoms with Gasteiger partial charge < -0.3 is 14.2 Å². The van der Waals surface area contributed by atoms with Gasteiger partial charge in [-0.15, -0.1) is 0 Å². The Hall–Kier alpha value is -4.72. The van der Waals surface area contributed by atoms with Gasteiger partial charge in [0.2, 0.25) is 5.89 Å². The molecule has 0 aliphatic carbocycles. The molecule has 34 heavy (non-hydrogen) atoms. The van der Waals surface area contributed by atoms with E-state index in [4.69, 9.17) is 8.83 Å². The summed E-state index contributed by atoms with van der Waals surface area (Å²) in [6.07, 6.45) is 0. The van der Waals surface area contributed by atoms with Gasteiger partial charge in [-0.3, -0.25) is 14.9 Å². The van der Waals surface area contributed by atoms with Crippen LogP contribution in [0.5, 0.6) is 0 Å². The summed E-state index contributed by atoms with van der Waals surface area (Å²) in [5.41, 5.74) is 5.36. The third-order valence-electron chi connectivity index (χ3n) is 5.36. The van der Waals surface area contributed by atoms with Gasteiger partial charge in [0.15, 0.2) is 11.3 Å². The molecule has 1 N–H and O–H groups in total. The molecule has 0 aliphatic rings. The third kappa shape index (κ3) is 4.04. The summed E-state index contributed by atoms with van der Waals surface area (Å²) >= 11 is 0. The lowest BCUT2D eigenvalue weighted by molar-refractivity contribution is -0.384. The highest BCUT2D eigenvalue weighted by molar-refractivity contribution is 6.02. The van der Waals surface area contributed by atoms with Crippen molar-refractivity contribution in [2.75, 3.05) is 5.32 Å². The summed E-state index contributed by atoms with van der Waals surface area (Å²) in [5, 5.41) is 13.8. The molecule has 0 saturated carbocycles. The number of nitrogens with one attached hydrogen (secondary N) is 1. The minimum atomic E-state index is -0.480. The second-order valence-corrected chi connectivity index (χ2v) is 7.96. The molecule has 2 heterocycles. The number of rotatable bonds is 5. The number of nitro benzene ring substituents is 1. The summed E-state index contributed by atoms with van der Waals surface area (Å²) in [5.74, 6) is 0.461. The number of anilines is 1. The fourth-order valence-corrected chi connectivity index (χ4v) is 3.81. The summed E-state index contributed by atoms with van der Waals surface area (Å²) in [7, 11) is 0. The van der Waals surface area contributed by atoms with Gasteiger partial charge in [0.05, 0.1) is 4.92 Å². The van der Waals surface area contributed by atoms with Gasteiger partial charge in [-0.05, 0) is 61.4 Å². The molecule has 0 spiro atoms. The molecule has 5 rings (SSSR count). The van der Waals surface area contributed by atoms with Crippen molar-refractivity contribution in [3.05, 3.63) is 99.8 Å². The third-order valence-corrected chi connectivity index (χ3v) is 5.36. The predicted molar refractivity (Wildman–Crippen MR) is 128 cm³/mol. The number of aryl methyl sites for hydroxylation is 2. The molecule has 2 aromatic heterocycles. The molecule has 0 bridgehead atoms. The molecule has 168 valence electrons. The van der Waals surface area contributed by atoms with Crippen LogP contribution in [-0.4, -0.2) is 15.8 Å². The van der Waals surface area contributed by atoms with Crippen molar-refractivity contribution >= 4 is 28.4 Å². The highest BCUT2D eigenvalue weighted by atomic mass is 16.6. The van der Waals surface area contributed by atoms with Gasteiger partial charge in [-0.1, -0.05) is 24.3 Å². The van der Waals surface area contributed by atoms with Crippen molar-refractivity contribution in [2.24, 2.45) is 0 Å². The first kappa shape index (κ1) is 21.1. The van der Waals surface area contributed by atoms with Crippen LogP contribution in [0.15, 0.2) is 81.6 Å². The van der Waals surface area contributed by atoms with Gasteiger partial charge >= 0.3 is 0 Å². The SMILES string of the molecule is Cc1cc(C)c2oc(-c3cccc(NC(=O)c4ccc(-c5cccc([N+](=O)[O-])c5)o4)c3)nc2c1. The summed E-state index contributed by atoms with van der Waals surface area (Å²) in [6.45, 7) is 3.99. The number of hydrogen-bond donors (Lipinski definition) is 1. The second-order valence-electron chi connectivity index (χ2n) is 7.96. The lowest BCUT2D eigenvalue weighted by Gasteiger charge is -2.05. The number of non-ortho nitro benzene ring substituents is 1. The monoisotopic (exact) mass is 453 g/mol. The van der Waals surface area contributed by atoms with Crippen molar-refractivity contribution in [3.63, 3.8) is 0 Å². The average molecular weight is 453 g/mol. The lowest BCUT2D eigenvalue weighted by Crippen LogP contribution is -2.10.